The molecule has 1 aliphatic rings. The second-order valence-electron chi connectivity index (χ2n) is 4.56. The van der Waals surface area contributed by atoms with Gasteiger partial charge in [-0.25, -0.2) is 14.8 Å². The van der Waals surface area contributed by atoms with Gasteiger partial charge >= 0.3 is 5.97 Å². The molecule has 20 heavy (non-hydrogen) atoms. The number of aromatic nitrogens is 2. The van der Waals surface area contributed by atoms with Crippen molar-refractivity contribution in [2.24, 2.45) is 5.73 Å². The van der Waals surface area contributed by atoms with Crippen LogP contribution in [-0.2, 0) is 9.53 Å². The Labute approximate surface area is 123 Å². The molecule has 0 spiro atoms. The summed E-state index contributed by atoms with van der Waals surface area (Å²) < 4.78 is 5.12. The van der Waals surface area contributed by atoms with Gasteiger partial charge < -0.3 is 15.4 Å². The summed E-state index contributed by atoms with van der Waals surface area (Å²) in [7, 11) is 0. The predicted molar refractivity (Wildman–Crippen MR) is 79.5 cm³/mol. The Morgan fingerprint density at radius 1 is 1.60 bits per heavy atom. The van der Waals surface area contributed by atoms with E-state index in [0.717, 1.165) is 25.8 Å². The average molecular weight is 294 g/mol. The first-order valence-corrected chi connectivity index (χ1v) is 7.10. The molecule has 0 aliphatic carbocycles. The third-order valence-corrected chi connectivity index (χ3v) is 3.42. The molecule has 0 radical (unpaired) electrons. The molecule has 0 bridgehead atoms. The van der Waals surface area contributed by atoms with E-state index in [4.69, 9.17) is 22.7 Å². The standard InChI is InChI=1S/C13H18N4O2S/c1-2-19-12(18)10-5-3-4-8-17(10)13-15-7-6-9(16-13)11(14)20/h6-7,10H,2-5,8H2,1H3,(H2,14,20). The van der Waals surface area contributed by atoms with Gasteiger partial charge in [-0.15, -0.1) is 0 Å². The van der Waals surface area contributed by atoms with Crippen LogP contribution < -0.4 is 10.6 Å². The molecule has 0 saturated carbocycles. The molecule has 1 unspecified atom stereocenters. The van der Waals surface area contributed by atoms with Crippen LogP contribution in [0.15, 0.2) is 12.3 Å². The van der Waals surface area contributed by atoms with E-state index in [1.807, 2.05) is 4.90 Å². The lowest BCUT2D eigenvalue weighted by Gasteiger charge is -2.33. The lowest BCUT2D eigenvalue weighted by molar-refractivity contribution is -0.145. The van der Waals surface area contributed by atoms with Crippen molar-refractivity contribution in [1.82, 2.24) is 9.97 Å². The van der Waals surface area contributed by atoms with Gasteiger partial charge in [0.2, 0.25) is 5.95 Å². The van der Waals surface area contributed by atoms with E-state index in [0.29, 0.717) is 18.2 Å². The molecule has 1 fully saturated rings. The quantitative estimate of drug-likeness (QED) is 0.656. The first-order chi connectivity index (χ1) is 9.63. The first-order valence-electron chi connectivity index (χ1n) is 6.69. The zero-order valence-electron chi connectivity index (χ0n) is 11.4. The Hall–Kier alpha value is -1.76. The summed E-state index contributed by atoms with van der Waals surface area (Å²) in [5.41, 5.74) is 6.10. The molecule has 1 aliphatic heterocycles. The number of piperidine rings is 1. The van der Waals surface area contributed by atoms with Crippen LogP contribution in [0.1, 0.15) is 31.9 Å². The molecule has 0 amide bonds. The normalized spacial score (nSPS) is 18.6. The van der Waals surface area contributed by atoms with Crippen LogP contribution in [0.25, 0.3) is 0 Å². The van der Waals surface area contributed by atoms with Crippen LogP contribution in [0.3, 0.4) is 0 Å². The molecule has 2 heterocycles. The van der Waals surface area contributed by atoms with E-state index in [2.05, 4.69) is 9.97 Å². The molecular weight excluding hydrogens is 276 g/mol. The van der Waals surface area contributed by atoms with Gasteiger partial charge in [-0.2, -0.15) is 0 Å². The first kappa shape index (κ1) is 14.6. The van der Waals surface area contributed by atoms with Gasteiger partial charge in [-0.3, -0.25) is 0 Å². The number of carbonyl (C=O) groups excluding carboxylic acids is 1. The lowest BCUT2D eigenvalue weighted by atomic mass is 10.0. The third kappa shape index (κ3) is 3.22. The van der Waals surface area contributed by atoms with Gasteiger partial charge in [0.05, 0.1) is 6.61 Å². The maximum Gasteiger partial charge on any atom is 0.328 e. The molecule has 1 aromatic rings. The Morgan fingerprint density at radius 3 is 3.10 bits per heavy atom. The van der Waals surface area contributed by atoms with E-state index < -0.39 is 0 Å². The molecule has 1 saturated heterocycles. The number of esters is 1. The molecule has 1 aromatic heterocycles. The Bertz CT molecular complexity index is 509. The fourth-order valence-electron chi connectivity index (χ4n) is 2.28. The molecule has 6 nitrogen and oxygen atoms in total. The summed E-state index contributed by atoms with van der Waals surface area (Å²) in [6.45, 7) is 2.90. The van der Waals surface area contributed by atoms with E-state index in [9.17, 15) is 4.79 Å². The number of nitrogens with two attached hydrogens (primary N) is 1. The minimum atomic E-state index is -0.328. The fourth-order valence-corrected chi connectivity index (χ4v) is 2.39. The largest absolute Gasteiger partial charge is 0.464 e. The monoisotopic (exact) mass is 294 g/mol. The summed E-state index contributed by atoms with van der Waals surface area (Å²) in [6, 6.07) is 1.33. The van der Waals surface area contributed by atoms with Gasteiger partial charge in [0.15, 0.2) is 0 Å². The molecule has 0 aromatic carbocycles. The predicted octanol–water partition coefficient (Wildman–Crippen LogP) is 1.03. The number of rotatable bonds is 4. The van der Waals surface area contributed by atoms with Crippen LogP contribution in [0, 0.1) is 0 Å². The van der Waals surface area contributed by atoms with Crippen molar-refractivity contribution in [3.63, 3.8) is 0 Å². The summed E-state index contributed by atoms with van der Waals surface area (Å²) in [4.78, 5) is 22.7. The van der Waals surface area contributed by atoms with Crippen molar-refractivity contribution in [2.75, 3.05) is 18.1 Å². The van der Waals surface area contributed by atoms with Gasteiger partial charge in [0.25, 0.3) is 0 Å². The highest BCUT2D eigenvalue weighted by atomic mass is 32.1. The zero-order valence-corrected chi connectivity index (χ0v) is 12.2. The molecule has 1 atom stereocenters. The Balaban J connectivity index is 2.25. The minimum Gasteiger partial charge on any atom is -0.464 e. The maximum absolute atomic E-state index is 12.0. The fraction of sp³-hybridized carbons (Fsp3) is 0.538. The Kier molecular flexibility index (Phi) is 4.84. The number of nitrogens with zero attached hydrogens (tertiary/aromatic N) is 3. The van der Waals surface area contributed by atoms with Crippen LogP contribution >= 0.6 is 12.2 Å². The molecule has 7 heteroatoms. The second kappa shape index (κ2) is 6.60. The van der Waals surface area contributed by atoms with E-state index in [-0.39, 0.29) is 17.0 Å². The Morgan fingerprint density at radius 2 is 2.40 bits per heavy atom. The second-order valence-corrected chi connectivity index (χ2v) is 5.00. The van der Waals surface area contributed by atoms with Gasteiger partial charge in [0.1, 0.15) is 16.7 Å². The average Bonchev–Trinajstić information content (AvgIpc) is 2.47. The van der Waals surface area contributed by atoms with Crippen LogP contribution in [0.2, 0.25) is 0 Å². The van der Waals surface area contributed by atoms with Crippen LogP contribution in [0.4, 0.5) is 5.95 Å². The molecule has 2 N–H and O–H groups in total. The van der Waals surface area contributed by atoms with Crippen molar-refractivity contribution in [2.45, 2.75) is 32.2 Å². The number of anilines is 1. The maximum atomic E-state index is 12.0. The highest BCUT2D eigenvalue weighted by molar-refractivity contribution is 7.80. The van der Waals surface area contributed by atoms with Crippen molar-refractivity contribution in [1.29, 1.82) is 0 Å². The number of thiocarbonyl (C=S) groups is 1. The summed E-state index contributed by atoms with van der Waals surface area (Å²) in [5, 5.41) is 0. The minimum absolute atomic E-state index is 0.221. The topological polar surface area (TPSA) is 81.3 Å². The number of carbonyl (C=O) groups is 1. The summed E-state index contributed by atoms with van der Waals surface area (Å²) in [6.07, 6.45) is 4.35. The summed E-state index contributed by atoms with van der Waals surface area (Å²) >= 11 is 4.92. The van der Waals surface area contributed by atoms with E-state index in [1.165, 1.54) is 0 Å². The highest BCUT2D eigenvalue weighted by Crippen LogP contribution is 2.22. The van der Waals surface area contributed by atoms with Gasteiger partial charge in [0, 0.05) is 12.7 Å². The van der Waals surface area contributed by atoms with Gasteiger partial charge in [-0.05, 0) is 32.3 Å². The van der Waals surface area contributed by atoms with Crippen LogP contribution in [0.5, 0.6) is 0 Å². The third-order valence-electron chi connectivity index (χ3n) is 3.21. The zero-order chi connectivity index (χ0) is 14.5. The van der Waals surface area contributed by atoms with E-state index in [1.54, 1.807) is 19.2 Å². The number of ether oxygens (including phenoxy) is 1. The van der Waals surface area contributed by atoms with Crippen molar-refractivity contribution in [3.05, 3.63) is 18.0 Å². The van der Waals surface area contributed by atoms with Crippen molar-refractivity contribution in [3.8, 4) is 0 Å². The SMILES string of the molecule is CCOC(=O)C1CCCCN1c1nccc(C(N)=S)n1. The van der Waals surface area contributed by atoms with E-state index >= 15 is 0 Å². The number of hydrogen-bond acceptors (Lipinski definition) is 6. The molecule has 108 valence electrons. The van der Waals surface area contributed by atoms with Crippen LogP contribution in [-0.4, -0.2) is 40.1 Å². The number of hydrogen-bond donors (Lipinski definition) is 1. The van der Waals surface area contributed by atoms with Crippen molar-refractivity contribution < 1.29 is 9.53 Å². The summed E-state index contributed by atoms with van der Waals surface area (Å²) in [5.74, 6) is 0.254. The van der Waals surface area contributed by atoms with Crippen molar-refractivity contribution >= 4 is 29.1 Å². The molecule has 2 rings (SSSR count). The highest BCUT2D eigenvalue weighted by Gasteiger charge is 2.31. The molecular formula is C13H18N4O2S. The van der Waals surface area contributed by atoms with Gasteiger partial charge in [-0.1, -0.05) is 12.2 Å². The smallest absolute Gasteiger partial charge is 0.328 e. The lowest BCUT2D eigenvalue weighted by Crippen LogP contribution is -2.46.